The third-order valence-corrected chi connectivity index (χ3v) is 3.00. The molecule has 5 heteroatoms. The Labute approximate surface area is 114 Å². The number of nitrogens with zero attached hydrogens (tertiary/aromatic N) is 1. The summed E-state index contributed by atoms with van der Waals surface area (Å²) in [5.74, 6) is 0.0938. The zero-order chi connectivity index (χ0) is 14.1. The zero-order valence-corrected chi connectivity index (χ0v) is 11.5. The predicted molar refractivity (Wildman–Crippen MR) is 75.7 cm³/mol. The Morgan fingerprint density at radius 1 is 1.37 bits per heavy atom. The van der Waals surface area contributed by atoms with E-state index in [2.05, 4.69) is 17.2 Å². The van der Waals surface area contributed by atoms with E-state index in [-0.39, 0.29) is 18.3 Å². The fourth-order valence-electron chi connectivity index (χ4n) is 1.80. The van der Waals surface area contributed by atoms with E-state index in [9.17, 15) is 4.79 Å². The molecule has 0 fully saturated rings. The first-order chi connectivity index (χ1) is 9.19. The molecule has 0 radical (unpaired) electrons. The molecule has 0 aromatic carbocycles. The van der Waals surface area contributed by atoms with Gasteiger partial charge < -0.3 is 16.2 Å². The molecule has 1 amide bonds. The average Bonchev–Trinajstić information content (AvgIpc) is 2.43. The number of nitrogens with one attached hydrogen (secondary N) is 1. The molecular weight excluding hydrogens is 242 g/mol. The zero-order valence-electron chi connectivity index (χ0n) is 11.5. The Kier molecular flexibility index (Phi) is 6.89. The molecule has 4 N–H and O–H groups in total. The van der Waals surface area contributed by atoms with E-state index in [1.807, 2.05) is 0 Å². The van der Waals surface area contributed by atoms with Gasteiger partial charge in [0.15, 0.2) is 0 Å². The molecule has 19 heavy (non-hydrogen) atoms. The number of rotatable bonds is 8. The largest absolute Gasteiger partial charge is 0.392 e. The normalized spacial score (nSPS) is 10.4. The number of pyridine rings is 1. The summed E-state index contributed by atoms with van der Waals surface area (Å²) >= 11 is 0. The summed E-state index contributed by atoms with van der Waals surface area (Å²) in [7, 11) is 0. The molecule has 1 aromatic rings. The summed E-state index contributed by atoms with van der Waals surface area (Å²) < 4.78 is 0. The van der Waals surface area contributed by atoms with E-state index in [0.29, 0.717) is 17.7 Å². The molecule has 0 saturated heterocycles. The SMILES string of the molecule is CCCCCCCNC(=O)c1cnc(N)c(CO)c1. The van der Waals surface area contributed by atoms with E-state index in [4.69, 9.17) is 10.8 Å². The summed E-state index contributed by atoms with van der Waals surface area (Å²) in [6.45, 7) is 2.63. The highest BCUT2D eigenvalue weighted by Crippen LogP contribution is 2.10. The van der Waals surface area contributed by atoms with Crippen molar-refractivity contribution in [1.82, 2.24) is 10.3 Å². The van der Waals surface area contributed by atoms with Crippen molar-refractivity contribution in [2.24, 2.45) is 0 Å². The quantitative estimate of drug-likeness (QED) is 0.626. The fourth-order valence-corrected chi connectivity index (χ4v) is 1.80. The van der Waals surface area contributed by atoms with Crippen LogP contribution in [0.1, 0.15) is 54.9 Å². The lowest BCUT2D eigenvalue weighted by atomic mass is 10.1. The predicted octanol–water partition coefficient (Wildman–Crippen LogP) is 1.86. The Morgan fingerprint density at radius 2 is 2.11 bits per heavy atom. The van der Waals surface area contributed by atoms with Crippen molar-refractivity contribution in [2.45, 2.75) is 45.6 Å². The summed E-state index contributed by atoms with van der Waals surface area (Å²) in [6.07, 6.45) is 7.23. The van der Waals surface area contributed by atoms with Crippen LogP contribution in [0.4, 0.5) is 5.82 Å². The van der Waals surface area contributed by atoms with Crippen LogP contribution in [0.25, 0.3) is 0 Å². The van der Waals surface area contributed by atoms with E-state index in [1.165, 1.54) is 25.5 Å². The lowest BCUT2D eigenvalue weighted by molar-refractivity contribution is 0.0952. The molecule has 0 spiro atoms. The van der Waals surface area contributed by atoms with Crippen LogP contribution in [0.2, 0.25) is 0 Å². The smallest absolute Gasteiger partial charge is 0.252 e. The van der Waals surface area contributed by atoms with Gasteiger partial charge in [-0.3, -0.25) is 4.79 Å². The molecule has 1 rings (SSSR count). The number of unbranched alkanes of at least 4 members (excludes halogenated alkanes) is 4. The average molecular weight is 265 g/mol. The van der Waals surface area contributed by atoms with Gasteiger partial charge in [0.1, 0.15) is 5.82 Å². The fraction of sp³-hybridized carbons (Fsp3) is 0.571. The maximum absolute atomic E-state index is 11.8. The van der Waals surface area contributed by atoms with Crippen molar-refractivity contribution < 1.29 is 9.90 Å². The first kappa shape index (κ1) is 15.4. The van der Waals surface area contributed by atoms with Gasteiger partial charge >= 0.3 is 0 Å². The first-order valence-electron chi connectivity index (χ1n) is 6.82. The number of nitrogens with two attached hydrogens (primary N) is 1. The number of aliphatic hydroxyl groups excluding tert-OH is 1. The highest BCUT2D eigenvalue weighted by molar-refractivity contribution is 5.94. The number of anilines is 1. The monoisotopic (exact) mass is 265 g/mol. The second-order valence-corrected chi connectivity index (χ2v) is 4.60. The summed E-state index contributed by atoms with van der Waals surface area (Å²) in [6, 6.07) is 1.58. The molecule has 0 unspecified atom stereocenters. The van der Waals surface area contributed by atoms with E-state index < -0.39 is 0 Å². The minimum atomic E-state index is -0.211. The van der Waals surface area contributed by atoms with E-state index in [1.54, 1.807) is 6.07 Å². The Bertz CT molecular complexity index is 408. The minimum absolute atomic E-state index is 0.169. The van der Waals surface area contributed by atoms with Gasteiger partial charge in [-0.05, 0) is 12.5 Å². The number of nitrogen functional groups attached to an aromatic ring is 1. The van der Waals surface area contributed by atoms with Crippen LogP contribution in [-0.2, 0) is 6.61 Å². The summed E-state index contributed by atoms with van der Waals surface area (Å²) in [4.78, 5) is 15.7. The molecule has 0 atom stereocenters. The first-order valence-corrected chi connectivity index (χ1v) is 6.82. The van der Waals surface area contributed by atoms with Gasteiger partial charge in [-0.2, -0.15) is 0 Å². The van der Waals surface area contributed by atoms with Crippen molar-refractivity contribution >= 4 is 11.7 Å². The minimum Gasteiger partial charge on any atom is -0.392 e. The second kappa shape index (κ2) is 8.48. The van der Waals surface area contributed by atoms with Gasteiger partial charge in [0, 0.05) is 18.3 Å². The van der Waals surface area contributed by atoms with Crippen molar-refractivity contribution in [1.29, 1.82) is 0 Å². The maximum Gasteiger partial charge on any atom is 0.252 e. The van der Waals surface area contributed by atoms with Crippen molar-refractivity contribution in [3.05, 3.63) is 23.4 Å². The standard InChI is InChI=1S/C14H23N3O2/c1-2-3-4-5-6-7-16-14(19)11-8-12(10-18)13(15)17-9-11/h8-9,18H,2-7,10H2,1H3,(H2,15,17)(H,16,19). The molecule has 5 nitrogen and oxygen atoms in total. The molecule has 0 bridgehead atoms. The Hall–Kier alpha value is -1.62. The van der Waals surface area contributed by atoms with Crippen LogP contribution in [0.5, 0.6) is 0 Å². The third kappa shape index (κ3) is 5.26. The van der Waals surface area contributed by atoms with Crippen LogP contribution in [0, 0.1) is 0 Å². The number of carbonyl (C=O) groups excluding carboxylic acids is 1. The van der Waals surface area contributed by atoms with Crippen molar-refractivity contribution in [3.8, 4) is 0 Å². The number of hydrogen-bond acceptors (Lipinski definition) is 4. The highest BCUT2D eigenvalue weighted by atomic mass is 16.3. The Balaban J connectivity index is 2.37. The molecule has 1 heterocycles. The van der Waals surface area contributed by atoms with Crippen molar-refractivity contribution in [3.63, 3.8) is 0 Å². The topological polar surface area (TPSA) is 88.2 Å². The van der Waals surface area contributed by atoms with Crippen LogP contribution in [0.15, 0.2) is 12.3 Å². The molecular formula is C14H23N3O2. The lowest BCUT2D eigenvalue weighted by Crippen LogP contribution is -2.24. The Morgan fingerprint density at radius 3 is 2.79 bits per heavy atom. The maximum atomic E-state index is 11.8. The summed E-state index contributed by atoms with van der Waals surface area (Å²) in [5, 5.41) is 11.9. The van der Waals surface area contributed by atoms with Gasteiger partial charge in [0.25, 0.3) is 5.91 Å². The van der Waals surface area contributed by atoms with Crippen molar-refractivity contribution in [2.75, 3.05) is 12.3 Å². The van der Waals surface area contributed by atoms with Gasteiger partial charge in [-0.1, -0.05) is 32.6 Å². The number of hydrogen-bond donors (Lipinski definition) is 3. The number of aromatic nitrogens is 1. The molecule has 0 saturated carbocycles. The van der Waals surface area contributed by atoms with E-state index >= 15 is 0 Å². The molecule has 0 aliphatic rings. The molecule has 0 aliphatic heterocycles. The highest BCUT2D eigenvalue weighted by Gasteiger charge is 2.08. The summed E-state index contributed by atoms with van der Waals surface area (Å²) in [5.41, 5.74) is 6.48. The number of aliphatic hydroxyl groups is 1. The van der Waals surface area contributed by atoms with E-state index in [0.717, 1.165) is 12.8 Å². The van der Waals surface area contributed by atoms with Crippen LogP contribution < -0.4 is 11.1 Å². The number of carbonyl (C=O) groups is 1. The third-order valence-electron chi connectivity index (χ3n) is 3.00. The van der Waals surface area contributed by atoms with Crippen LogP contribution >= 0.6 is 0 Å². The second-order valence-electron chi connectivity index (χ2n) is 4.60. The van der Waals surface area contributed by atoms with Gasteiger partial charge in [0.2, 0.25) is 0 Å². The van der Waals surface area contributed by atoms with Gasteiger partial charge in [0.05, 0.1) is 12.2 Å². The van der Waals surface area contributed by atoms with Crippen LogP contribution in [-0.4, -0.2) is 22.5 Å². The van der Waals surface area contributed by atoms with Crippen LogP contribution in [0.3, 0.4) is 0 Å². The lowest BCUT2D eigenvalue weighted by Gasteiger charge is -2.07. The van der Waals surface area contributed by atoms with Gasteiger partial charge in [-0.15, -0.1) is 0 Å². The molecule has 106 valence electrons. The number of amides is 1. The molecule has 1 aromatic heterocycles. The molecule has 0 aliphatic carbocycles. The van der Waals surface area contributed by atoms with Gasteiger partial charge in [-0.25, -0.2) is 4.98 Å².